The molecule has 0 bridgehead atoms. The standard InChI is InChI=1S/C36H28Cl3NO10/c37-36(38,39)35(40)50-34-29(49-33(44)25-19-11-4-12-20-25)28(48-32(43)24-17-9-3-10-18-24)27(47-31(42)23-15-7-2-8-16-23)26(46-34)21-45-30(41)22-13-5-1-6-14-22/h1-20,26-29,34,40H,21H2/t26?,27-,28-,29?,34+/m1/s1. The lowest BCUT2D eigenvalue weighted by molar-refractivity contribution is -0.279. The van der Waals surface area contributed by atoms with E-state index in [0.29, 0.717) is 0 Å². The molecular weight excluding hydrogens is 713 g/mol. The number of esters is 4. The Morgan fingerprint density at radius 3 is 1.30 bits per heavy atom. The third-order valence-electron chi connectivity index (χ3n) is 7.23. The van der Waals surface area contributed by atoms with Crippen molar-refractivity contribution in [2.24, 2.45) is 0 Å². The van der Waals surface area contributed by atoms with Gasteiger partial charge in [-0.05, 0) is 48.5 Å². The second-order valence-corrected chi connectivity index (χ2v) is 12.9. The van der Waals surface area contributed by atoms with Gasteiger partial charge in [0.15, 0.2) is 12.2 Å². The summed E-state index contributed by atoms with van der Waals surface area (Å²) in [5.41, 5.74) is 0.509. The summed E-state index contributed by atoms with van der Waals surface area (Å²) in [6, 6.07) is 31.5. The Hall–Kier alpha value is -4.94. The van der Waals surface area contributed by atoms with Gasteiger partial charge in [-0.25, -0.2) is 19.2 Å². The topological polar surface area (TPSA) is 148 Å². The number of carbonyl (C=O) groups is 4. The van der Waals surface area contributed by atoms with E-state index in [4.69, 9.17) is 68.6 Å². The van der Waals surface area contributed by atoms with Crippen LogP contribution in [0, 0.1) is 5.41 Å². The van der Waals surface area contributed by atoms with Gasteiger partial charge in [0.25, 0.3) is 3.79 Å². The number of alkyl halides is 3. The lowest BCUT2D eigenvalue weighted by atomic mass is 9.97. The zero-order chi connectivity index (χ0) is 35.7. The molecule has 1 saturated heterocycles. The molecule has 4 aromatic rings. The molecule has 2 unspecified atom stereocenters. The molecule has 1 aliphatic heterocycles. The van der Waals surface area contributed by atoms with Crippen LogP contribution in [0.1, 0.15) is 41.4 Å². The molecule has 0 radical (unpaired) electrons. The van der Waals surface area contributed by atoms with E-state index in [1.807, 2.05) is 0 Å². The van der Waals surface area contributed by atoms with Crippen molar-refractivity contribution in [3.63, 3.8) is 0 Å². The van der Waals surface area contributed by atoms with Crippen molar-refractivity contribution in [1.82, 2.24) is 0 Å². The van der Waals surface area contributed by atoms with Gasteiger partial charge in [0.1, 0.15) is 12.7 Å². The van der Waals surface area contributed by atoms with Gasteiger partial charge in [0.2, 0.25) is 18.3 Å². The predicted molar refractivity (Wildman–Crippen MR) is 181 cm³/mol. The third kappa shape index (κ3) is 9.39. The predicted octanol–water partition coefficient (Wildman–Crippen LogP) is 6.61. The summed E-state index contributed by atoms with van der Waals surface area (Å²) >= 11 is 17.8. The van der Waals surface area contributed by atoms with E-state index in [2.05, 4.69) is 0 Å². The second-order valence-electron chi connectivity index (χ2n) is 10.7. The average molecular weight is 741 g/mol. The minimum Gasteiger partial charge on any atom is -0.459 e. The molecule has 0 aromatic heterocycles. The van der Waals surface area contributed by atoms with Gasteiger partial charge in [0.05, 0.1) is 22.3 Å². The first-order valence-corrected chi connectivity index (χ1v) is 16.1. The van der Waals surface area contributed by atoms with Crippen LogP contribution >= 0.6 is 34.8 Å². The number of hydrogen-bond acceptors (Lipinski definition) is 11. The van der Waals surface area contributed by atoms with Gasteiger partial charge in [-0.3, -0.25) is 5.41 Å². The van der Waals surface area contributed by atoms with Crippen molar-refractivity contribution >= 4 is 64.6 Å². The summed E-state index contributed by atoms with van der Waals surface area (Å²) in [4.78, 5) is 53.5. The third-order valence-corrected chi connectivity index (χ3v) is 7.74. The molecule has 1 N–H and O–H groups in total. The summed E-state index contributed by atoms with van der Waals surface area (Å²) in [5.74, 6) is -4.41. The van der Waals surface area contributed by atoms with Crippen LogP contribution in [-0.4, -0.2) is 70.9 Å². The number of rotatable bonds is 10. The molecule has 1 aliphatic rings. The number of carbonyl (C=O) groups excluding carboxylic acids is 4. The lowest BCUT2D eigenvalue weighted by Crippen LogP contribution is -2.63. The summed E-state index contributed by atoms with van der Waals surface area (Å²) < 4.78 is 32.5. The smallest absolute Gasteiger partial charge is 0.338 e. The van der Waals surface area contributed by atoms with Crippen LogP contribution < -0.4 is 0 Å². The van der Waals surface area contributed by atoms with E-state index < -0.39 is 70.9 Å². The highest BCUT2D eigenvalue weighted by molar-refractivity contribution is 6.76. The molecule has 4 aromatic carbocycles. The normalized spacial score (nSPS) is 20.1. The monoisotopic (exact) mass is 739 g/mol. The fourth-order valence-electron chi connectivity index (χ4n) is 4.81. The number of benzene rings is 4. The molecule has 258 valence electrons. The Kier molecular flexibility index (Phi) is 12.1. The van der Waals surface area contributed by atoms with Crippen LogP contribution in [0.15, 0.2) is 121 Å². The largest absolute Gasteiger partial charge is 0.459 e. The van der Waals surface area contributed by atoms with Crippen molar-refractivity contribution in [3.8, 4) is 0 Å². The highest BCUT2D eigenvalue weighted by Gasteiger charge is 2.55. The maximum atomic E-state index is 13.6. The molecule has 0 spiro atoms. The van der Waals surface area contributed by atoms with Crippen molar-refractivity contribution in [1.29, 1.82) is 5.41 Å². The van der Waals surface area contributed by atoms with Crippen molar-refractivity contribution in [2.75, 3.05) is 6.61 Å². The Labute approximate surface area is 301 Å². The zero-order valence-electron chi connectivity index (χ0n) is 25.9. The van der Waals surface area contributed by atoms with E-state index in [-0.39, 0.29) is 22.3 Å². The van der Waals surface area contributed by atoms with Crippen molar-refractivity contribution < 1.29 is 47.6 Å². The minimum atomic E-state index is -2.40. The average Bonchev–Trinajstić information content (AvgIpc) is 3.13. The van der Waals surface area contributed by atoms with Gasteiger partial charge in [0, 0.05) is 0 Å². The van der Waals surface area contributed by atoms with Crippen LogP contribution in [0.4, 0.5) is 0 Å². The van der Waals surface area contributed by atoms with Crippen LogP contribution in [0.2, 0.25) is 0 Å². The van der Waals surface area contributed by atoms with E-state index in [0.717, 1.165) is 0 Å². The number of nitrogens with one attached hydrogen (secondary N) is 1. The van der Waals surface area contributed by atoms with Crippen LogP contribution in [0.3, 0.4) is 0 Å². The molecule has 1 heterocycles. The number of halogens is 3. The Morgan fingerprint density at radius 2 is 0.900 bits per heavy atom. The molecule has 0 amide bonds. The molecule has 0 saturated carbocycles. The first-order chi connectivity index (χ1) is 24.0. The molecule has 11 nitrogen and oxygen atoms in total. The molecule has 50 heavy (non-hydrogen) atoms. The summed E-state index contributed by atoms with van der Waals surface area (Å²) in [5, 5.41) is 8.26. The van der Waals surface area contributed by atoms with Gasteiger partial charge in [-0.2, -0.15) is 0 Å². The molecule has 5 rings (SSSR count). The van der Waals surface area contributed by atoms with Crippen molar-refractivity contribution in [2.45, 2.75) is 34.5 Å². The second kappa shape index (κ2) is 16.6. The number of hydrogen-bond donors (Lipinski definition) is 1. The fraction of sp³-hybridized carbons (Fsp3) is 0.194. The van der Waals surface area contributed by atoms with Gasteiger partial charge in [-0.15, -0.1) is 0 Å². The first-order valence-electron chi connectivity index (χ1n) is 15.0. The Morgan fingerprint density at radius 1 is 0.540 bits per heavy atom. The first kappa shape index (κ1) is 36.3. The summed E-state index contributed by atoms with van der Waals surface area (Å²) in [6.45, 7) is -0.597. The lowest BCUT2D eigenvalue weighted by Gasteiger charge is -2.44. The minimum absolute atomic E-state index is 0.0904. The maximum absolute atomic E-state index is 13.6. The maximum Gasteiger partial charge on any atom is 0.338 e. The Bertz CT molecular complexity index is 1790. The van der Waals surface area contributed by atoms with Crippen LogP contribution in [0.5, 0.6) is 0 Å². The summed E-state index contributed by atoms with van der Waals surface area (Å²) in [6.07, 6.45) is -8.34. The van der Waals surface area contributed by atoms with Crippen LogP contribution in [0.25, 0.3) is 0 Å². The van der Waals surface area contributed by atoms with E-state index in [1.165, 1.54) is 48.5 Å². The molecule has 14 heteroatoms. The quantitative estimate of drug-likeness (QED) is 0.0620. The highest BCUT2D eigenvalue weighted by atomic mass is 35.6. The van der Waals surface area contributed by atoms with Gasteiger partial charge >= 0.3 is 23.9 Å². The van der Waals surface area contributed by atoms with E-state index in [1.54, 1.807) is 72.8 Å². The Balaban J connectivity index is 1.58. The van der Waals surface area contributed by atoms with E-state index >= 15 is 0 Å². The van der Waals surface area contributed by atoms with Crippen molar-refractivity contribution in [3.05, 3.63) is 144 Å². The van der Waals surface area contributed by atoms with E-state index in [9.17, 15) is 19.2 Å². The number of ether oxygens (including phenoxy) is 6. The van der Waals surface area contributed by atoms with Gasteiger partial charge < -0.3 is 28.4 Å². The SMILES string of the molecule is N=C(O[C@@H]1OC(COC(=O)c2ccccc2)[C@@H](OC(=O)c2ccccc2)[C@@H](OC(=O)c2ccccc2)C1OC(=O)c1ccccc1)C(Cl)(Cl)Cl. The highest BCUT2D eigenvalue weighted by Crippen LogP contribution is 2.35. The molecule has 1 fully saturated rings. The summed E-state index contributed by atoms with van der Waals surface area (Å²) in [7, 11) is 0. The van der Waals surface area contributed by atoms with Crippen LogP contribution in [-0.2, 0) is 28.4 Å². The fourth-order valence-corrected chi connectivity index (χ4v) is 4.94. The molecular formula is C36H28Cl3NO10. The van der Waals surface area contributed by atoms with Gasteiger partial charge in [-0.1, -0.05) is 108 Å². The molecule has 0 aliphatic carbocycles. The molecule has 5 atom stereocenters. The zero-order valence-corrected chi connectivity index (χ0v) is 28.1.